The minimum Gasteiger partial charge on any atom is -0.369 e. The first-order chi connectivity index (χ1) is 13.0. The highest BCUT2D eigenvalue weighted by atomic mass is 16.2. The molecule has 1 saturated heterocycles. The number of hydrogen-bond acceptors (Lipinski definition) is 4. The number of nitrogens with two attached hydrogens (primary N) is 1. The normalized spacial score (nSPS) is 20.1. The maximum atomic E-state index is 13.1. The first kappa shape index (κ1) is 17.5. The van der Waals surface area contributed by atoms with Crippen molar-refractivity contribution in [1.29, 1.82) is 0 Å². The number of amides is 2. The van der Waals surface area contributed by atoms with Crippen LogP contribution in [0.4, 0.5) is 11.4 Å². The van der Waals surface area contributed by atoms with Gasteiger partial charge in [0.05, 0.1) is 17.2 Å². The van der Waals surface area contributed by atoms with E-state index in [0.29, 0.717) is 11.1 Å². The largest absolute Gasteiger partial charge is 0.369 e. The number of fused-ring (bicyclic) bond motifs is 1. The fourth-order valence-corrected chi connectivity index (χ4v) is 4.03. The minimum absolute atomic E-state index is 0.138. The molecule has 0 spiro atoms. The van der Waals surface area contributed by atoms with Crippen LogP contribution < -0.4 is 15.5 Å². The molecule has 1 atom stereocenters. The van der Waals surface area contributed by atoms with Crippen molar-refractivity contribution in [1.82, 2.24) is 4.90 Å². The average Bonchev–Trinajstić information content (AvgIpc) is 2.93. The van der Waals surface area contributed by atoms with E-state index in [1.165, 1.54) is 5.69 Å². The lowest BCUT2D eigenvalue weighted by Gasteiger charge is -2.34. The van der Waals surface area contributed by atoms with Crippen molar-refractivity contribution < 1.29 is 9.59 Å². The van der Waals surface area contributed by atoms with Gasteiger partial charge >= 0.3 is 0 Å². The first-order valence-electron chi connectivity index (χ1n) is 9.27. The fourth-order valence-electron chi connectivity index (χ4n) is 4.03. The molecule has 6 heteroatoms. The van der Waals surface area contributed by atoms with Crippen molar-refractivity contribution >= 4 is 23.2 Å². The summed E-state index contributed by atoms with van der Waals surface area (Å²) in [4.78, 5) is 31.2. The molecule has 0 radical (unpaired) electrons. The monoisotopic (exact) mass is 364 g/mol. The Morgan fingerprint density at radius 1 is 1.00 bits per heavy atom. The van der Waals surface area contributed by atoms with Crippen LogP contribution in [0.1, 0.15) is 39.2 Å². The van der Waals surface area contributed by atoms with Crippen molar-refractivity contribution in [2.75, 3.05) is 43.0 Å². The third kappa shape index (κ3) is 2.96. The Hall–Kier alpha value is -2.86. The fraction of sp³-hybridized carbons (Fsp3) is 0.333. The van der Waals surface area contributed by atoms with Gasteiger partial charge in [0.25, 0.3) is 5.91 Å². The number of benzene rings is 2. The van der Waals surface area contributed by atoms with Crippen LogP contribution in [0.3, 0.4) is 0 Å². The summed E-state index contributed by atoms with van der Waals surface area (Å²) in [5.41, 5.74) is 9.04. The van der Waals surface area contributed by atoms with Gasteiger partial charge in [0.15, 0.2) is 0 Å². The topological polar surface area (TPSA) is 69.9 Å². The number of piperazine rings is 1. The summed E-state index contributed by atoms with van der Waals surface area (Å²) >= 11 is 0. The van der Waals surface area contributed by atoms with Gasteiger partial charge in [0.1, 0.15) is 0 Å². The van der Waals surface area contributed by atoms with E-state index in [0.717, 1.165) is 37.4 Å². The lowest BCUT2D eigenvalue weighted by molar-refractivity contribution is 0.0965. The Morgan fingerprint density at radius 2 is 1.63 bits per heavy atom. The van der Waals surface area contributed by atoms with Gasteiger partial charge in [0.2, 0.25) is 5.91 Å². The summed E-state index contributed by atoms with van der Waals surface area (Å²) in [5, 5.41) is 0. The molecule has 140 valence electrons. The van der Waals surface area contributed by atoms with Gasteiger partial charge < -0.3 is 20.4 Å². The number of carbonyl (C=O) groups excluding carboxylic acids is 2. The molecule has 27 heavy (non-hydrogen) atoms. The van der Waals surface area contributed by atoms with E-state index in [1.54, 1.807) is 17.0 Å². The van der Waals surface area contributed by atoms with Crippen LogP contribution in [0.25, 0.3) is 0 Å². The SMILES string of the molecule is CC1c2cccc(C(N)=O)c2C(=O)N1c1ccc(N2CCN(C)CC2)cc1. The second-order valence-electron chi connectivity index (χ2n) is 7.29. The number of hydrogen-bond donors (Lipinski definition) is 1. The van der Waals surface area contributed by atoms with Crippen LogP contribution in [0.15, 0.2) is 42.5 Å². The quantitative estimate of drug-likeness (QED) is 0.907. The van der Waals surface area contributed by atoms with Crippen LogP contribution in [0.5, 0.6) is 0 Å². The highest BCUT2D eigenvalue weighted by Crippen LogP contribution is 2.39. The Kier molecular flexibility index (Phi) is 4.36. The molecule has 1 unspecified atom stereocenters. The molecule has 4 rings (SSSR count). The molecule has 1 fully saturated rings. The van der Waals surface area contributed by atoms with Gasteiger partial charge in [0, 0.05) is 37.6 Å². The summed E-state index contributed by atoms with van der Waals surface area (Å²) < 4.78 is 0. The van der Waals surface area contributed by atoms with E-state index in [2.05, 4.69) is 29.0 Å². The molecule has 2 heterocycles. The van der Waals surface area contributed by atoms with Gasteiger partial charge in [-0.05, 0) is 49.9 Å². The van der Waals surface area contributed by atoms with E-state index in [9.17, 15) is 9.59 Å². The number of rotatable bonds is 3. The molecule has 2 aromatic rings. The van der Waals surface area contributed by atoms with E-state index in [1.807, 2.05) is 25.1 Å². The van der Waals surface area contributed by atoms with Crippen molar-refractivity contribution in [3.63, 3.8) is 0 Å². The molecular weight excluding hydrogens is 340 g/mol. The van der Waals surface area contributed by atoms with E-state index in [-0.39, 0.29) is 11.9 Å². The van der Waals surface area contributed by atoms with Crippen molar-refractivity contribution in [2.45, 2.75) is 13.0 Å². The van der Waals surface area contributed by atoms with Crippen LogP contribution in [0.2, 0.25) is 0 Å². The predicted molar refractivity (Wildman–Crippen MR) is 106 cm³/mol. The maximum Gasteiger partial charge on any atom is 0.260 e. The van der Waals surface area contributed by atoms with Gasteiger partial charge in [-0.2, -0.15) is 0 Å². The Labute approximate surface area is 159 Å². The van der Waals surface area contributed by atoms with E-state index < -0.39 is 5.91 Å². The van der Waals surface area contributed by atoms with Crippen LogP contribution in [0, 0.1) is 0 Å². The average molecular weight is 364 g/mol. The van der Waals surface area contributed by atoms with Gasteiger partial charge in [-0.25, -0.2) is 0 Å². The second kappa shape index (κ2) is 6.70. The van der Waals surface area contributed by atoms with E-state index in [4.69, 9.17) is 5.73 Å². The maximum absolute atomic E-state index is 13.1. The van der Waals surface area contributed by atoms with Crippen molar-refractivity contribution in [3.05, 3.63) is 59.2 Å². The molecule has 2 N–H and O–H groups in total. The molecule has 0 aliphatic carbocycles. The zero-order valence-corrected chi connectivity index (χ0v) is 15.7. The summed E-state index contributed by atoms with van der Waals surface area (Å²) in [5.74, 6) is -0.737. The van der Waals surface area contributed by atoms with Crippen molar-refractivity contribution in [2.24, 2.45) is 5.73 Å². The molecule has 0 bridgehead atoms. The molecule has 2 amide bonds. The van der Waals surface area contributed by atoms with Gasteiger partial charge in [-0.1, -0.05) is 12.1 Å². The third-order valence-corrected chi connectivity index (χ3v) is 5.63. The number of primary amides is 1. The molecule has 2 aliphatic rings. The van der Waals surface area contributed by atoms with E-state index >= 15 is 0 Å². The van der Waals surface area contributed by atoms with Crippen LogP contribution >= 0.6 is 0 Å². The second-order valence-corrected chi connectivity index (χ2v) is 7.29. The smallest absolute Gasteiger partial charge is 0.260 e. The zero-order valence-electron chi connectivity index (χ0n) is 15.7. The van der Waals surface area contributed by atoms with Gasteiger partial charge in [-0.15, -0.1) is 0 Å². The molecular formula is C21H24N4O2. The van der Waals surface area contributed by atoms with Crippen molar-refractivity contribution in [3.8, 4) is 0 Å². The molecule has 0 aromatic heterocycles. The van der Waals surface area contributed by atoms with Gasteiger partial charge in [-0.3, -0.25) is 9.59 Å². The molecule has 6 nitrogen and oxygen atoms in total. The highest BCUT2D eigenvalue weighted by Gasteiger charge is 2.37. The zero-order chi connectivity index (χ0) is 19.1. The first-order valence-corrected chi connectivity index (χ1v) is 9.27. The summed E-state index contributed by atoms with van der Waals surface area (Å²) in [6.45, 7) is 6.08. The summed E-state index contributed by atoms with van der Waals surface area (Å²) in [6, 6.07) is 13.3. The standard InChI is InChI=1S/C21H24N4O2/c1-14-17-4-3-5-18(20(22)26)19(17)21(27)25(14)16-8-6-15(7-9-16)24-12-10-23(2)11-13-24/h3-9,14H,10-13H2,1-2H3,(H2,22,26). The number of carbonyl (C=O) groups is 2. The Balaban J connectivity index is 1.62. The summed E-state index contributed by atoms with van der Waals surface area (Å²) in [7, 11) is 2.14. The van der Waals surface area contributed by atoms with Crippen LogP contribution in [-0.4, -0.2) is 49.9 Å². The van der Waals surface area contributed by atoms with Crippen LogP contribution in [-0.2, 0) is 0 Å². The number of anilines is 2. The minimum atomic E-state index is -0.570. The number of likely N-dealkylation sites (N-methyl/N-ethyl adjacent to an activating group) is 1. The predicted octanol–water partition coefficient (Wildman–Crippen LogP) is 2.26. The third-order valence-electron chi connectivity index (χ3n) is 5.63. The Bertz CT molecular complexity index is 886. The highest BCUT2D eigenvalue weighted by molar-refractivity contribution is 6.16. The lowest BCUT2D eigenvalue weighted by atomic mass is 10.00. The Morgan fingerprint density at radius 3 is 2.26 bits per heavy atom. The molecule has 2 aliphatic heterocycles. The summed E-state index contributed by atoms with van der Waals surface area (Å²) in [6.07, 6.45) is 0. The lowest BCUT2D eigenvalue weighted by Crippen LogP contribution is -2.44. The number of nitrogens with zero attached hydrogens (tertiary/aromatic N) is 3. The molecule has 2 aromatic carbocycles. The molecule has 0 saturated carbocycles.